The first kappa shape index (κ1) is 21.3. The molecule has 0 aromatic carbocycles. The quantitative estimate of drug-likeness (QED) is 0.561. The van der Waals surface area contributed by atoms with Crippen molar-refractivity contribution in [1.29, 1.82) is 0 Å². The fourth-order valence-electron chi connectivity index (χ4n) is 3.50. The molecule has 6 heteroatoms. The molecule has 1 rings (SSSR count). The molecule has 0 aromatic rings. The fourth-order valence-corrected chi connectivity index (χ4v) is 4.43. The van der Waals surface area contributed by atoms with Gasteiger partial charge < -0.3 is 10.2 Å². The molecule has 0 aromatic heterocycles. The smallest absolute Gasteiger partial charge is 0.193 e. The molecular weight excluding hydrogens is 322 g/mol. The van der Waals surface area contributed by atoms with Crippen LogP contribution in [0, 0.1) is 10.8 Å². The molecule has 0 saturated carbocycles. The van der Waals surface area contributed by atoms with Crippen LogP contribution in [0.1, 0.15) is 59.8 Å². The Bertz CT molecular complexity index is 524. The Morgan fingerprint density at radius 2 is 2.04 bits per heavy atom. The molecule has 1 N–H and O–H groups in total. The Labute approximate surface area is 149 Å². The first-order valence-corrected chi connectivity index (χ1v) is 11.2. The second kappa shape index (κ2) is 8.54. The monoisotopic (exact) mass is 359 g/mol. The molecule has 1 aliphatic rings. The zero-order chi connectivity index (χ0) is 18.4. The van der Waals surface area contributed by atoms with Gasteiger partial charge >= 0.3 is 0 Å². The van der Waals surface area contributed by atoms with Crippen LogP contribution in [0.2, 0.25) is 0 Å². The number of aliphatic imine (C=N–C) groups is 1. The van der Waals surface area contributed by atoms with Crippen LogP contribution in [0.25, 0.3) is 0 Å². The van der Waals surface area contributed by atoms with E-state index in [0.717, 1.165) is 25.6 Å². The lowest BCUT2D eigenvalue weighted by molar-refractivity contribution is 0.142. The van der Waals surface area contributed by atoms with E-state index < -0.39 is 9.84 Å². The highest BCUT2D eigenvalue weighted by Gasteiger charge is 2.32. The molecule has 142 valence electrons. The van der Waals surface area contributed by atoms with E-state index in [4.69, 9.17) is 0 Å². The third-order valence-electron chi connectivity index (χ3n) is 5.02. The largest absolute Gasteiger partial charge is 0.356 e. The topological polar surface area (TPSA) is 61.8 Å². The van der Waals surface area contributed by atoms with Crippen molar-refractivity contribution in [2.75, 3.05) is 38.7 Å². The number of guanidine groups is 1. The van der Waals surface area contributed by atoms with Crippen molar-refractivity contribution in [3.8, 4) is 0 Å². The number of nitrogens with zero attached hydrogens (tertiary/aromatic N) is 2. The van der Waals surface area contributed by atoms with Gasteiger partial charge in [-0.2, -0.15) is 0 Å². The molecule has 1 heterocycles. The minimum absolute atomic E-state index is 0.0818. The van der Waals surface area contributed by atoms with Crippen LogP contribution in [-0.2, 0) is 9.84 Å². The second-order valence-corrected chi connectivity index (χ2v) is 10.8. The van der Waals surface area contributed by atoms with Gasteiger partial charge in [0.1, 0.15) is 9.84 Å². The molecule has 0 amide bonds. The molecule has 0 bridgehead atoms. The Morgan fingerprint density at radius 1 is 1.38 bits per heavy atom. The van der Waals surface area contributed by atoms with Crippen LogP contribution >= 0.6 is 0 Å². The number of hydrogen-bond acceptors (Lipinski definition) is 3. The van der Waals surface area contributed by atoms with E-state index in [1.807, 2.05) is 7.05 Å². The van der Waals surface area contributed by atoms with Gasteiger partial charge in [-0.3, -0.25) is 4.99 Å². The highest BCUT2D eigenvalue weighted by atomic mass is 32.2. The molecule has 24 heavy (non-hydrogen) atoms. The summed E-state index contributed by atoms with van der Waals surface area (Å²) in [5.41, 5.74) is 0.290. The third-order valence-corrected chi connectivity index (χ3v) is 5.97. The Balaban J connectivity index is 2.61. The van der Waals surface area contributed by atoms with Gasteiger partial charge in [-0.15, -0.1) is 0 Å². The van der Waals surface area contributed by atoms with Gasteiger partial charge in [-0.05, 0) is 36.5 Å². The van der Waals surface area contributed by atoms with E-state index >= 15 is 0 Å². The lowest BCUT2D eigenvalue weighted by atomic mass is 9.78. The lowest BCUT2D eigenvalue weighted by Gasteiger charge is -2.42. The summed E-state index contributed by atoms with van der Waals surface area (Å²) >= 11 is 0. The summed E-state index contributed by atoms with van der Waals surface area (Å²) in [7, 11) is -1.08. The van der Waals surface area contributed by atoms with Crippen LogP contribution in [0.4, 0.5) is 0 Å². The standard InChI is InChI=1S/C18H37N3O2S/c1-7-9-18(4)10-8-12-21(15-18)16(19-5)20-14-17(2,3)11-13-24(6,22)23/h7-15H2,1-6H3,(H,19,20). The van der Waals surface area contributed by atoms with Crippen molar-refractivity contribution in [1.82, 2.24) is 10.2 Å². The number of rotatable bonds is 7. The summed E-state index contributed by atoms with van der Waals surface area (Å²) in [6, 6.07) is 0. The van der Waals surface area contributed by atoms with Crippen molar-refractivity contribution in [2.45, 2.75) is 59.8 Å². The molecule has 0 radical (unpaired) electrons. The molecule has 1 atom stereocenters. The molecule has 1 unspecified atom stereocenters. The molecule has 0 aliphatic carbocycles. The van der Waals surface area contributed by atoms with Gasteiger partial charge in [0.25, 0.3) is 0 Å². The van der Waals surface area contributed by atoms with Crippen molar-refractivity contribution >= 4 is 15.8 Å². The third kappa shape index (κ3) is 7.41. The highest BCUT2D eigenvalue weighted by molar-refractivity contribution is 7.90. The second-order valence-electron chi connectivity index (χ2n) is 8.53. The zero-order valence-corrected chi connectivity index (χ0v) is 17.3. The van der Waals surface area contributed by atoms with Gasteiger partial charge in [-0.25, -0.2) is 8.42 Å². The molecule has 1 saturated heterocycles. The number of likely N-dealkylation sites (tertiary alicyclic amines) is 1. The van der Waals surface area contributed by atoms with E-state index in [2.05, 4.69) is 42.9 Å². The van der Waals surface area contributed by atoms with Crippen LogP contribution in [-0.4, -0.2) is 58.0 Å². The normalized spacial score (nSPS) is 23.4. The van der Waals surface area contributed by atoms with Crippen LogP contribution in [0.15, 0.2) is 4.99 Å². The summed E-state index contributed by atoms with van der Waals surface area (Å²) < 4.78 is 22.8. The SMILES string of the molecule is CCCC1(C)CCCN(C(=NC)NCC(C)(C)CCS(C)(=O)=O)C1. The highest BCUT2D eigenvalue weighted by Crippen LogP contribution is 2.34. The number of sulfone groups is 1. The molecule has 1 aliphatic heterocycles. The summed E-state index contributed by atoms with van der Waals surface area (Å²) in [4.78, 5) is 6.83. The Hall–Kier alpha value is -0.780. The maximum Gasteiger partial charge on any atom is 0.193 e. The first-order chi connectivity index (χ1) is 11.0. The Morgan fingerprint density at radius 3 is 2.58 bits per heavy atom. The maximum atomic E-state index is 11.4. The molecule has 0 spiro atoms. The van der Waals surface area contributed by atoms with Gasteiger partial charge in [0.2, 0.25) is 0 Å². The number of nitrogens with one attached hydrogen (secondary N) is 1. The van der Waals surface area contributed by atoms with Crippen molar-refractivity contribution in [2.24, 2.45) is 15.8 Å². The van der Waals surface area contributed by atoms with Crippen molar-refractivity contribution in [3.05, 3.63) is 0 Å². The van der Waals surface area contributed by atoms with E-state index in [1.54, 1.807) is 0 Å². The van der Waals surface area contributed by atoms with E-state index in [-0.39, 0.29) is 11.2 Å². The van der Waals surface area contributed by atoms with Gasteiger partial charge in [-0.1, -0.05) is 34.1 Å². The fraction of sp³-hybridized carbons (Fsp3) is 0.944. The average molecular weight is 360 g/mol. The van der Waals surface area contributed by atoms with Crippen molar-refractivity contribution < 1.29 is 8.42 Å². The zero-order valence-electron chi connectivity index (χ0n) is 16.5. The van der Waals surface area contributed by atoms with E-state index in [0.29, 0.717) is 11.8 Å². The summed E-state index contributed by atoms with van der Waals surface area (Å²) in [6.07, 6.45) is 6.92. The average Bonchev–Trinajstić information content (AvgIpc) is 2.45. The van der Waals surface area contributed by atoms with Crippen molar-refractivity contribution in [3.63, 3.8) is 0 Å². The van der Waals surface area contributed by atoms with Crippen LogP contribution in [0.5, 0.6) is 0 Å². The van der Waals surface area contributed by atoms with Gasteiger partial charge in [0, 0.05) is 32.9 Å². The molecular formula is C18H37N3O2S. The van der Waals surface area contributed by atoms with E-state index in [1.165, 1.54) is 31.9 Å². The predicted octanol–water partition coefficient (Wildman–Crippen LogP) is 2.92. The molecule has 1 fully saturated rings. The van der Waals surface area contributed by atoms with Crippen LogP contribution in [0.3, 0.4) is 0 Å². The van der Waals surface area contributed by atoms with E-state index in [9.17, 15) is 8.42 Å². The summed E-state index contributed by atoms with van der Waals surface area (Å²) in [5, 5.41) is 3.48. The summed E-state index contributed by atoms with van der Waals surface area (Å²) in [6.45, 7) is 11.7. The first-order valence-electron chi connectivity index (χ1n) is 9.14. The number of hydrogen-bond donors (Lipinski definition) is 1. The van der Waals surface area contributed by atoms with Gasteiger partial charge in [0.15, 0.2) is 5.96 Å². The predicted molar refractivity (Wildman–Crippen MR) is 103 cm³/mol. The Kier molecular flexibility index (Phi) is 7.57. The minimum Gasteiger partial charge on any atom is -0.356 e. The maximum absolute atomic E-state index is 11.4. The van der Waals surface area contributed by atoms with Gasteiger partial charge in [0.05, 0.1) is 5.75 Å². The lowest BCUT2D eigenvalue weighted by Crippen LogP contribution is -2.51. The number of piperidine rings is 1. The molecule has 5 nitrogen and oxygen atoms in total. The van der Waals surface area contributed by atoms with Crippen LogP contribution < -0.4 is 5.32 Å². The minimum atomic E-state index is -2.91. The summed E-state index contributed by atoms with van der Waals surface area (Å²) in [5.74, 6) is 1.18.